The van der Waals surface area contributed by atoms with Gasteiger partial charge in [0.2, 0.25) is 0 Å². The highest BCUT2D eigenvalue weighted by Gasteiger charge is 2.12. The molecule has 0 spiro atoms. The van der Waals surface area contributed by atoms with Crippen LogP contribution in [0.25, 0.3) is 10.8 Å². The lowest BCUT2D eigenvalue weighted by atomic mass is 9.95. The van der Waals surface area contributed by atoms with Crippen LogP contribution in [0.4, 0.5) is 0 Å². The standard InChI is InChI=1S/C15H17N/c1-11(2)15(16-3)14-10-6-8-12-7-4-5-9-13(12)14/h4-10,15-16H,1H2,2-3H3. The molecule has 16 heavy (non-hydrogen) atoms. The van der Waals surface area contributed by atoms with Crippen molar-refractivity contribution in [2.75, 3.05) is 7.05 Å². The molecule has 2 aromatic carbocycles. The zero-order valence-corrected chi connectivity index (χ0v) is 9.83. The highest BCUT2D eigenvalue weighted by atomic mass is 14.9. The third kappa shape index (κ3) is 1.86. The molecule has 0 aliphatic carbocycles. The fourth-order valence-corrected chi connectivity index (χ4v) is 2.17. The van der Waals surface area contributed by atoms with Crippen molar-refractivity contribution in [2.24, 2.45) is 0 Å². The van der Waals surface area contributed by atoms with E-state index < -0.39 is 0 Å². The van der Waals surface area contributed by atoms with Gasteiger partial charge in [-0.3, -0.25) is 0 Å². The lowest BCUT2D eigenvalue weighted by molar-refractivity contribution is 0.685. The van der Waals surface area contributed by atoms with Crippen LogP contribution in [0.3, 0.4) is 0 Å². The molecule has 2 aromatic rings. The third-order valence-electron chi connectivity index (χ3n) is 2.92. The number of likely N-dealkylation sites (N-methyl/N-ethyl adjacent to an activating group) is 1. The minimum absolute atomic E-state index is 0.228. The molecule has 1 N–H and O–H groups in total. The van der Waals surface area contributed by atoms with E-state index >= 15 is 0 Å². The Morgan fingerprint density at radius 1 is 1.12 bits per heavy atom. The minimum atomic E-state index is 0.228. The molecule has 0 bridgehead atoms. The summed E-state index contributed by atoms with van der Waals surface area (Å²) in [6.45, 7) is 6.11. The van der Waals surface area contributed by atoms with E-state index in [1.165, 1.54) is 16.3 Å². The Balaban J connectivity index is 2.63. The predicted octanol–water partition coefficient (Wildman–Crippen LogP) is 3.68. The molecule has 0 aliphatic heterocycles. The summed E-state index contributed by atoms with van der Waals surface area (Å²) in [5, 5.41) is 5.89. The van der Waals surface area contributed by atoms with Gasteiger partial charge in [-0.1, -0.05) is 54.6 Å². The van der Waals surface area contributed by atoms with Crippen molar-refractivity contribution in [2.45, 2.75) is 13.0 Å². The second-order valence-corrected chi connectivity index (χ2v) is 4.14. The monoisotopic (exact) mass is 211 g/mol. The number of hydrogen-bond donors (Lipinski definition) is 1. The maximum absolute atomic E-state index is 4.05. The van der Waals surface area contributed by atoms with E-state index in [1.807, 2.05) is 7.05 Å². The van der Waals surface area contributed by atoms with Gasteiger partial charge in [0.15, 0.2) is 0 Å². The summed E-state index contributed by atoms with van der Waals surface area (Å²) < 4.78 is 0. The van der Waals surface area contributed by atoms with E-state index in [1.54, 1.807) is 0 Å². The van der Waals surface area contributed by atoms with Crippen LogP contribution >= 0.6 is 0 Å². The minimum Gasteiger partial charge on any atom is -0.310 e. The first-order chi connectivity index (χ1) is 7.74. The van der Waals surface area contributed by atoms with Crippen molar-refractivity contribution in [1.82, 2.24) is 5.32 Å². The summed E-state index contributed by atoms with van der Waals surface area (Å²) in [4.78, 5) is 0. The van der Waals surface area contributed by atoms with Crippen LogP contribution in [0.1, 0.15) is 18.5 Å². The Hall–Kier alpha value is -1.60. The maximum Gasteiger partial charge on any atom is 0.0534 e. The van der Waals surface area contributed by atoms with Crippen LogP contribution in [0, 0.1) is 0 Å². The molecular weight excluding hydrogens is 194 g/mol. The van der Waals surface area contributed by atoms with E-state index in [2.05, 4.69) is 61.3 Å². The molecule has 2 rings (SSSR count). The number of hydrogen-bond acceptors (Lipinski definition) is 1. The highest BCUT2D eigenvalue weighted by Crippen LogP contribution is 2.27. The Kier molecular flexibility index (Phi) is 3.07. The summed E-state index contributed by atoms with van der Waals surface area (Å²) in [5.74, 6) is 0. The van der Waals surface area contributed by atoms with Gasteiger partial charge in [0, 0.05) is 0 Å². The molecule has 0 radical (unpaired) electrons. The summed E-state index contributed by atoms with van der Waals surface area (Å²) in [7, 11) is 1.97. The average Bonchev–Trinajstić information content (AvgIpc) is 2.30. The predicted molar refractivity (Wildman–Crippen MR) is 70.6 cm³/mol. The zero-order chi connectivity index (χ0) is 11.5. The molecule has 0 aromatic heterocycles. The molecule has 0 fully saturated rings. The van der Waals surface area contributed by atoms with Gasteiger partial charge in [-0.05, 0) is 30.3 Å². The number of rotatable bonds is 3. The van der Waals surface area contributed by atoms with Gasteiger partial charge in [-0.25, -0.2) is 0 Å². The molecular formula is C15H17N. The Morgan fingerprint density at radius 2 is 1.81 bits per heavy atom. The first-order valence-electron chi connectivity index (χ1n) is 5.54. The van der Waals surface area contributed by atoms with Crippen LogP contribution in [0.2, 0.25) is 0 Å². The molecule has 0 saturated carbocycles. The Morgan fingerprint density at radius 3 is 2.50 bits per heavy atom. The highest BCUT2D eigenvalue weighted by molar-refractivity contribution is 5.86. The summed E-state index contributed by atoms with van der Waals surface area (Å²) in [6, 6.07) is 15.1. The van der Waals surface area contributed by atoms with Gasteiger partial charge in [0.05, 0.1) is 6.04 Å². The average molecular weight is 211 g/mol. The zero-order valence-electron chi connectivity index (χ0n) is 9.83. The summed E-state index contributed by atoms with van der Waals surface area (Å²) in [5.41, 5.74) is 2.44. The lowest BCUT2D eigenvalue weighted by Gasteiger charge is -2.18. The van der Waals surface area contributed by atoms with E-state index in [4.69, 9.17) is 0 Å². The van der Waals surface area contributed by atoms with Gasteiger partial charge in [-0.15, -0.1) is 0 Å². The number of benzene rings is 2. The Labute approximate surface area is 96.8 Å². The van der Waals surface area contributed by atoms with Crippen LogP contribution in [0.5, 0.6) is 0 Å². The van der Waals surface area contributed by atoms with Crippen LogP contribution in [0.15, 0.2) is 54.6 Å². The largest absolute Gasteiger partial charge is 0.310 e. The van der Waals surface area contributed by atoms with Crippen molar-refractivity contribution < 1.29 is 0 Å². The number of fused-ring (bicyclic) bond motifs is 1. The van der Waals surface area contributed by atoms with Crippen molar-refractivity contribution in [3.63, 3.8) is 0 Å². The van der Waals surface area contributed by atoms with Gasteiger partial charge in [-0.2, -0.15) is 0 Å². The first-order valence-corrected chi connectivity index (χ1v) is 5.54. The molecule has 1 atom stereocenters. The smallest absolute Gasteiger partial charge is 0.0534 e. The fourth-order valence-electron chi connectivity index (χ4n) is 2.17. The third-order valence-corrected chi connectivity index (χ3v) is 2.92. The lowest BCUT2D eigenvalue weighted by Crippen LogP contribution is -2.17. The Bertz CT molecular complexity index is 508. The molecule has 0 aliphatic rings. The van der Waals surface area contributed by atoms with Crippen LogP contribution in [-0.4, -0.2) is 7.05 Å². The molecule has 1 unspecified atom stereocenters. The van der Waals surface area contributed by atoms with Crippen molar-refractivity contribution in [3.8, 4) is 0 Å². The molecule has 1 nitrogen and oxygen atoms in total. The van der Waals surface area contributed by atoms with Crippen LogP contribution < -0.4 is 5.32 Å². The van der Waals surface area contributed by atoms with Gasteiger partial charge in [0.25, 0.3) is 0 Å². The van der Waals surface area contributed by atoms with Crippen LogP contribution in [-0.2, 0) is 0 Å². The van der Waals surface area contributed by atoms with E-state index in [0.29, 0.717) is 0 Å². The normalized spacial score (nSPS) is 12.6. The second-order valence-electron chi connectivity index (χ2n) is 4.14. The topological polar surface area (TPSA) is 12.0 Å². The second kappa shape index (κ2) is 4.50. The molecule has 0 amide bonds. The molecule has 1 heteroatoms. The van der Waals surface area contributed by atoms with Gasteiger partial charge >= 0.3 is 0 Å². The number of nitrogens with one attached hydrogen (secondary N) is 1. The van der Waals surface area contributed by atoms with Crippen molar-refractivity contribution in [3.05, 3.63) is 60.2 Å². The molecule has 82 valence electrons. The van der Waals surface area contributed by atoms with E-state index in [0.717, 1.165) is 5.57 Å². The summed E-state index contributed by atoms with van der Waals surface area (Å²) in [6.07, 6.45) is 0. The maximum atomic E-state index is 4.05. The first kappa shape index (κ1) is 10.9. The van der Waals surface area contributed by atoms with Gasteiger partial charge < -0.3 is 5.32 Å². The van der Waals surface area contributed by atoms with E-state index in [9.17, 15) is 0 Å². The van der Waals surface area contributed by atoms with Crippen molar-refractivity contribution in [1.29, 1.82) is 0 Å². The van der Waals surface area contributed by atoms with E-state index in [-0.39, 0.29) is 6.04 Å². The molecule has 0 saturated heterocycles. The summed E-state index contributed by atoms with van der Waals surface area (Å²) >= 11 is 0. The SMILES string of the molecule is C=C(C)C(NC)c1cccc2ccccc12. The fraction of sp³-hybridized carbons (Fsp3) is 0.200. The van der Waals surface area contributed by atoms with Crippen molar-refractivity contribution >= 4 is 10.8 Å². The quantitative estimate of drug-likeness (QED) is 0.764. The molecule has 0 heterocycles. The van der Waals surface area contributed by atoms with Gasteiger partial charge in [0.1, 0.15) is 0 Å².